The third kappa shape index (κ3) is 3.23. The molecule has 2 saturated carbocycles. The van der Waals surface area contributed by atoms with Gasteiger partial charge in [0.05, 0.1) is 6.54 Å². The summed E-state index contributed by atoms with van der Waals surface area (Å²) < 4.78 is 0. The van der Waals surface area contributed by atoms with Crippen LogP contribution in [-0.4, -0.2) is 42.5 Å². The molecule has 18 heavy (non-hydrogen) atoms. The van der Waals surface area contributed by atoms with Crippen LogP contribution < -0.4 is 11.1 Å². The van der Waals surface area contributed by atoms with Gasteiger partial charge in [-0.2, -0.15) is 0 Å². The van der Waals surface area contributed by atoms with E-state index < -0.39 is 0 Å². The van der Waals surface area contributed by atoms with E-state index in [1.54, 1.807) is 0 Å². The van der Waals surface area contributed by atoms with Gasteiger partial charge in [0.15, 0.2) is 0 Å². The lowest BCUT2D eigenvalue weighted by Crippen LogP contribution is -2.47. The number of carbonyl (C=O) groups excluding carboxylic acids is 1. The Bertz CT molecular complexity index is 292. The highest BCUT2D eigenvalue weighted by molar-refractivity contribution is 5.78. The number of nitrogens with one attached hydrogen (secondary N) is 1. The fraction of sp³-hybridized carbons (Fsp3) is 0.929. The van der Waals surface area contributed by atoms with Crippen LogP contribution in [0.1, 0.15) is 38.5 Å². The topological polar surface area (TPSA) is 58.4 Å². The summed E-state index contributed by atoms with van der Waals surface area (Å²) in [6.07, 6.45) is 7.34. The van der Waals surface area contributed by atoms with Gasteiger partial charge in [-0.25, -0.2) is 0 Å². The molecular weight excluding hydrogens is 226 g/mol. The van der Waals surface area contributed by atoms with Crippen molar-refractivity contribution in [1.82, 2.24) is 10.2 Å². The zero-order valence-corrected chi connectivity index (χ0v) is 11.1. The highest BCUT2D eigenvalue weighted by Crippen LogP contribution is 2.44. The minimum absolute atomic E-state index is 0.231. The molecule has 0 spiro atoms. The van der Waals surface area contributed by atoms with Crippen LogP contribution in [0, 0.1) is 11.8 Å². The van der Waals surface area contributed by atoms with Crippen LogP contribution in [0.5, 0.6) is 0 Å². The molecule has 4 heteroatoms. The average molecular weight is 251 g/mol. The van der Waals surface area contributed by atoms with Crippen molar-refractivity contribution in [2.75, 3.05) is 19.6 Å². The number of hydrogen-bond donors (Lipinski definition) is 2. The molecule has 1 heterocycles. The minimum Gasteiger partial charge on any atom is -0.352 e. The second-order valence-corrected chi connectivity index (χ2v) is 6.38. The molecule has 4 nitrogen and oxygen atoms in total. The van der Waals surface area contributed by atoms with E-state index in [0.717, 1.165) is 37.8 Å². The van der Waals surface area contributed by atoms with Crippen molar-refractivity contribution in [3.8, 4) is 0 Å². The number of carbonyl (C=O) groups is 1. The van der Waals surface area contributed by atoms with Crippen LogP contribution in [0.4, 0.5) is 0 Å². The molecule has 1 aliphatic heterocycles. The quantitative estimate of drug-likeness (QED) is 0.757. The molecule has 3 N–H and O–H groups in total. The molecule has 0 atom stereocenters. The Hall–Kier alpha value is -0.610. The minimum atomic E-state index is 0.231. The molecule has 0 aromatic heterocycles. The Labute approximate surface area is 109 Å². The number of amides is 1. The highest BCUT2D eigenvalue weighted by Gasteiger charge is 2.42. The molecule has 0 aromatic rings. The van der Waals surface area contributed by atoms with E-state index in [9.17, 15) is 4.79 Å². The molecular formula is C14H25N3O. The van der Waals surface area contributed by atoms with Gasteiger partial charge in [0, 0.05) is 25.2 Å². The fourth-order valence-corrected chi connectivity index (χ4v) is 3.08. The van der Waals surface area contributed by atoms with Gasteiger partial charge in [0.25, 0.3) is 0 Å². The Morgan fingerprint density at radius 2 is 1.67 bits per heavy atom. The van der Waals surface area contributed by atoms with E-state index in [1.807, 2.05) is 0 Å². The summed E-state index contributed by atoms with van der Waals surface area (Å²) in [5.74, 6) is 1.81. The monoisotopic (exact) mass is 251 g/mol. The van der Waals surface area contributed by atoms with Gasteiger partial charge < -0.3 is 11.1 Å². The van der Waals surface area contributed by atoms with Crippen LogP contribution in [0.15, 0.2) is 0 Å². The second kappa shape index (κ2) is 5.17. The van der Waals surface area contributed by atoms with Crippen molar-refractivity contribution in [3.05, 3.63) is 0 Å². The summed E-state index contributed by atoms with van der Waals surface area (Å²) in [4.78, 5) is 14.3. The van der Waals surface area contributed by atoms with E-state index in [0.29, 0.717) is 18.6 Å². The molecule has 3 fully saturated rings. The molecule has 102 valence electrons. The maximum absolute atomic E-state index is 12.1. The maximum atomic E-state index is 12.1. The van der Waals surface area contributed by atoms with Crippen molar-refractivity contribution in [3.63, 3.8) is 0 Å². The fourth-order valence-electron chi connectivity index (χ4n) is 3.08. The lowest BCUT2D eigenvalue weighted by atomic mass is 10.1. The first kappa shape index (κ1) is 12.4. The third-order valence-electron chi connectivity index (χ3n) is 4.59. The number of rotatable bonds is 5. The number of likely N-dealkylation sites (tertiary alicyclic amines) is 1. The van der Waals surface area contributed by atoms with Gasteiger partial charge in [0.1, 0.15) is 0 Å². The number of hydrogen-bond acceptors (Lipinski definition) is 3. The zero-order chi connectivity index (χ0) is 12.5. The summed E-state index contributed by atoms with van der Waals surface area (Å²) in [5, 5.41) is 3.29. The molecule has 3 aliphatic rings. The summed E-state index contributed by atoms with van der Waals surface area (Å²) in [7, 11) is 0. The predicted octanol–water partition coefficient (Wildman–Crippen LogP) is 0.714. The third-order valence-corrected chi connectivity index (χ3v) is 4.59. The summed E-state index contributed by atoms with van der Waals surface area (Å²) in [6, 6.07) is 0.833. The zero-order valence-electron chi connectivity index (χ0n) is 11.1. The number of nitrogens with two attached hydrogens (primary N) is 1. The molecule has 0 unspecified atom stereocenters. The van der Waals surface area contributed by atoms with Crippen LogP contribution in [0.3, 0.4) is 0 Å². The largest absolute Gasteiger partial charge is 0.352 e. The standard InChI is InChI=1S/C14H25N3O/c15-12-5-7-17(8-6-12)9-13(18)16-14(10-1-2-10)11-3-4-11/h10-12,14H,1-9,15H2,(H,16,18). The first-order valence-corrected chi connectivity index (χ1v) is 7.49. The molecule has 3 rings (SSSR count). The lowest BCUT2D eigenvalue weighted by Gasteiger charge is -2.30. The normalized spacial score (nSPS) is 26.6. The van der Waals surface area contributed by atoms with E-state index in [-0.39, 0.29) is 5.91 Å². The Balaban J connectivity index is 1.43. The van der Waals surface area contributed by atoms with Gasteiger partial charge in [-0.15, -0.1) is 0 Å². The van der Waals surface area contributed by atoms with Crippen molar-refractivity contribution in [2.24, 2.45) is 17.6 Å². The van der Waals surface area contributed by atoms with Crippen LogP contribution >= 0.6 is 0 Å². The Kier molecular flexibility index (Phi) is 3.57. The van der Waals surface area contributed by atoms with Crippen molar-refractivity contribution in [1.29, 1.82) is 0 Å². The van der Waals surface area contributed by atoms with Crippen molar-refractivity contribution < 1.29 is 4.79 Å². The highest BCUT2D eigenvalue weighted by atomic mass is 16.2. The van der Waals surface area contributed by atoms with Gasteiger partial charge in [-0.05, 0) is 50.4 Å². The van der Waals surface area contributed by atoms with E-state index in [2.05, 4.69) is 10.2 Å². The Morgan fingerprint density at radius 3 is 2.17 bits per heavy atom. The van der Waals surface area contributed by atoms with Gasteiger partial charge in [-0.3, -0.25) is 9.69 Å². The van der Waals surface area contributed by atoms with Gasteiger partial charge >= 0.3 is 0 Å². The summed E-state index contributed by atoms with van der Waals surface area (Å²) in [6.45, 7) is 2.53. The van der Waals surface area contributed by atoms with Crippen LogP contribution in [0.2, 0.25) is 0 Å². The number of piperidine rings is 1. The number of nitrogens with zero attached hydrogens (tertiary/aromatic N) is 1. The molecule has 2 aliphatic carbocycles. The SMILES string of the molecule is NC1CCN(CC(=O)NC(C2CC2)C2CC2)CC1. The van der Waals surface area contributed by atoms with Crippen molar-refractivity contribution in [2.45, 2.75) is 50.6 Å². The predicted molar refractivity (Wildman–Crippen MR) is 71.0 cm³/mol. The molecule has 0 radical (unpaired) electrons. The van der Waals surface area contributed by atoms with Gasteiger partial charge in [-0.1, -0.05) is 0 Å². The van der Waals surface area contributed by atoms with E-state index >= 15 is 0 Å². The smallest absolute Gasteiger partial charge is 0.234 e. The average Bonchev–Trinajstić information content (AvgIpc) is 3.22. The summed E-state index contributed by atoms with van der Waals surface area (Å²) in [5.41, 5.74) is 5.88. The first-order chi connectivity index (χ1) is 8.72. The second-order valence-electron chi connectivity index (χ2n) is 6.38. The molecule has 0 aromatic carbocycles. The van der Waals surface area contributed by atoms with Gasteiger partial charge in [0.2, 0.25) is 5.91 Å². The van der Waals surface area contributed by atoms with Crippen molar-refractivity contribution >= 4 is 5.91 Å². The lowest BCUT2D eigenvalue weighted by molar-refractivity contribution is -0.123. The van der Waals surface area contributed by atoms with E-state index in [4.69, 9.17) is 5.73 Å². The van der Waals surface area contributed by atoms with E-state index in [1.165, 1.54) is 25.7 Å². The Morgan fingerprint density at radius 1 is 1.11 bits per heavy atom. The molecule has 1 amide bonds. The first-order valence-electron chi connectivity index (χ1n) is 7.49. The van der Waals surface area contributed by atoms with Crippen LogP contribution in [0.25, 0.3) is 0 Å². The van der Waals surface area contributed by atoms with Crippen LogP contribution in [-0.2, 0) is 4.79 Å². The maximum Gasteiger partial charge on any atom is 0.234 e. The molecule has 1 saturated heterocycles. The summed E-state index contributed by atoms with van der Waals surface area (Å²) >= 11 is 0. The molecule has 0 bridgehead atoms.